The van der Waals surface area contributed by atoms with Crippen molar-refractivity contribution >= 4 is 29.7 Å². The minimum absolute atomic E-state index is 0.0540. The maximum absolute atomic E-state index is 13.3. The van der Waals surface area contributed by atoms with Gasteiger partial charge < -0.3 is 15.8 Å². The van der Waals surface area contributed by atoms with Gasteiger partial charge in [-0.25, -0.2) is 20.4 Å². The quantitative estimate of drug-likeness (QED) is 0.172. The third kappa shape index (κ3) is 5.35. The van der Waals surface area contributed by atoms with Crippen molar-refractivity contribution in [3.63, 3.8) is 0 Å². The zero-order valence-corrected chi connectivity index (χ0v) is 18.0. The topological polar surface area (TPSA) is 129 Å². The van der Waals surface area contributed by atoms with Crippen LogP contribution < -0.4 is 16.6 Å². The van der Waals surface area contributed by atoms with Crippen LogP contribution in [0.5, 0.6) is 0 Å². The lowest BCUT2D eigenvalue weighted by Crippen LogP contribution is -2.56. The van der Waals surface area contributed by atoms with Crippen LogP contribution in [-0.2, 0) is 21.6 Å². The Morgan fingerprint density at radius 2 is 1.73 bits per heavy atom. The number of urea groups is 1. The molecule has 0 saturated heterocycles. The van der Waals surface area contributed by atoms with E-state index in [4.69, 9.17) is 10.7 Å². The lowest BCUT2D eigenvalue weighted by molar-refractivity contribution is -0.189. The van der Waals surface area contributed by atoms with Crippen LogP contribution >= 0.6 is 0 Å². The first-order valence-corrected chi connectivity index (χ1v) is 10.1. The number of aliphatic carboxylic acids is 1. The Morgan fingerprint density at radius 3 is 2.33 bits per heavy atom. The number of anilines is 1. The van der Waals surface area contributed by atoms with Crippen LogP contribution in [0, 0.1) is 0 Å². The lowest BCUT2D eigenvalue weighted by atomic mass is 9.83. The van der Waals surface area contributed by atoms with E-state index in [1.54, 1.807) is 72.8 Å². The Morgan fingerprint density at radius 1 is 1.06 bits per heavy atom. The molecular weight excluding hydrogens is 422 g/mol. The van der Waals surface area contributed by atoms with Gasteiger partial charge in [0.15, 0.2) is 5.54 Å². The molecule has 1 atom stereocenters. The lowest BCUT2D eigenvalue weighted by Gasteiger charge is -2.39. The maximum atomic E-state index is 13.3. The summed E-state index contributed by atoms with van der Waals surface area (Å²) in [5.41, 5.74) is 2.35. The number of rotatable bonds is 9. The molecule has 0 radical (unpaired) electrons. The van der Waals surface area contributed by atoms with Gasteiger partial charge >= 0.3 is 12.0 Å². The van der Waals surface area contributed by atoms with Gasteiger partial charge in [-0.05, 0) is 35.4 Å². The fourth-order valence-electron chi connectivity index (χ4n) is 3.53. The first-order chi connectivity index (χ1) is 16.0. The highest BCUT2D eigenvalue weighted by molar-refractivity contribution is 5.94. The van der Waals surface area contributed by atoms with Gasteiger partial charge in [0.1, 0.15) is 6.34 Å². The number of benzene rings is 3. The monoisotopic (exact) mass is 447 g/mol. The molecule has 170 valence electrons. The van der Waals surface area contributed by atoms with Gasteiger partial charge in [0, 0.05) is 12.1 Å². The van der Waals surface area contributed by atoms with E-state index in [9.17, 15) is 14.7 Å². The number of hydroxylamine groups is 2. The Bertz CT molecular complexity index is 1110. The number of hydrogen-bond acceptors (Lipinski definition) is 5. The molecule has 33 heavy (non-hydrogen) atoms. The standard InChI is InChI=1S/C24H25N5O4/c1-33-29(23(32)28-20-12-6-3-7-13-20)24(22(30)31,16-18-9-4-2-5-10-18)19-11-8-14-21(15-19)26-17-27-25/h2-15,17H,16,25H2,1H3,(H,26,27)(H,28,32)(H,30,31)/t24-/m1/s1. The van der Waals surface area contributed by atoms with Gasteiger partial charge in [-0.3, -0.25) is 4.84 Å². The van der Waals surface area contributed by atoms with E-state index in [0.29, 0.717) is 22.5 Å². The van der Waals surface area contributed by atoms with Crippen LogP contribution in [0.4, 0.5) is 16.2 Å². The van der Waals surface area contributed by atoms with Crippen molar-refractivity contribution in [1.82, 2.24) is 10.5 Å². The smallest absolute Gasteiger partial charge is 0.347 e. The van der Waals surface area contributed by atoms with E-state index in [1.165, 1.54) is 13.4 Å². The minimum Gasteiger partial charge on any atom is -0.479 e. The number of hydrogen-bond donors (Lipinski definition) is 4. The van der Waals surface area contributed by atoms with Gasteiger partial charge in [-0.15, -0.1) is 0 Å². The summed E-state index contributed by atoms with van der Waals surface area (Å²) in [5.74, 6) is 3.99. The molecule has 0 spiro atoms. The third-order valence-electron chi connectivity index (χ3n) is 5.01. The first-order valence-electron chi connectivity index (χ1n) is 10.1. The van der Waals surface area contributed by atoms with Crippen molar-refractivity contribution in [2.75, 3.05) is 12.4 Å². The fourth-order valence-corrected chi connectivity index (χ4v) is 3.53. The molecule has 3 aromatic carbocycles. The van der Waals surface area contributed by atoms with Crippen molar-refractivity contribution in [3.8, 4) is 0 Å². The summed E-state index contributed by atoms with van der Waals surface area (Å²) in [4.78, 5) is 35.8. The summed E-state index contributed by atoms with van der Waals surface area (Å²) in [6, 6.07) is 23.5. The summed E-state index contributed by atoms with van der Waals surface area (Å²) >= 11 is 0. The van der Waals surface area contributed by atoms with Crippen LogP contribution in [0.2, 0.25) is 0 Å². The van der Waals surface area contributed by atoms with E-state index in [-0.39, 0.29) is 6.42 Å². The van der Waals surface area contributed by atoms with Gasteiger partial charge in [0.2, 0.25) is 0 Å². The number of hydrazine groups is 1. The normalized spacial score (nSPS) is 12.7. The van der Waals surface area contributed by atoms with Crippen LogP contribution in [0.1, 0.15) is 11.1 Å². The molecule has 0 heterocycles. The minimum atomic E-state index is -1.91. The van der Waals surface area contributed by atoms with Crippen molar-refractivity contribution in [2.45, 2.75) is 12.0 Å². The number of carboxylic acids is 1. The van der Waals surface area contributed by atoms with Crippen molar-refractivity contribution < 1.29 is 19.5 Å². The van der Waals surface area contributed by atoms with Gasteiger partial charge in [-0.1, -0.05) is 60.7 Å². The average Bonchev–Trinajstić information content (AvgIpc) is 2.83. The first kappa shape index (κ1) is 23.5. The maximum Gasteiger partial charge on any atom is 0.347 e. The Hall–Kier alpha value is -4.21. The van der Waals surface area contributed by atoms with Gasteiger partial charge in [0.05, 0.1) is 12.8 Å². The predicted molar refractivity (Wildman–Crippen MR) is 126 cm³/mol. The number of carboxylic acid groups (broad SMARTS) is 1. The number of para-hydroxylation sites is 1. The van der Waals surface area contributed by atoms with Crippen molar-refractivity contribution in [2.24, 2.45) is 10.8 Å². The number of aliphatic imine (C=N–C) groups is 1. The summed E-state index contributed by atoms with van der Waals surface area (Å²) in [6.07, 6.45) is 1.22. The van der Waals surface area contributed by atoms with E-state index in [0.717, 1.165) is 5.06 Å². The number of carbonyl (C=O) groups is 2. The highest BCUT2D eigenvalue weighted by Gasteiger charge is 2.50. The summed E-state index contributed by atoms with van der Waals surface area (Å²) in [7, 11) is 1.26. The zero-order valence-electron chi connectivity index (χ0n) is 18.0. The third-order valence-corrected chi connectivity index (χ3v) is 5.01. The largest absolute Gasteiger partial charge is 0.479 e. The summed E-state index contributed by atoms with van der Waals surface area (Å²) < 4.78 is 0. The molecule has 0 aliphatic rings. The molecule has 0 fully saturated rings. The summed E-state index contributed by atoms with van der Waals surface area (Å²) in [5, 5.41) is 14.1. The highest BCUT2D eigenvalue weighted by atomic mass is 16.7. The highest BCUT2D eigenvalue weighted by Crippen LogP contribution is 2.36. The predicted octanol–water partition coefficient (Wildman–Crippen LogP) is 3.43. The zero-order chi connectivity index (χ0) is 23.7. The number of nitrogens with one attached hydrogen (secondary N) is 2. The second-order valence-electron chi connectivity index (χ2n) is 7.08. The van der Waals surface area contributed by atoms with Crippen LogP contribution in [-0.4, -0.2) is 35.6 Å². The van der Waals surface area contributed by atoms with Crippen molar-refractivity contribution in [3.05, 3.63) is 96.1 Å². The molecule has 3 aromatic rings. The van der Waals surface area contributed by atoms with E-state index in [1.807, 2.05) is 12.1 Å². The number of nitrogens with two attached hydrogens (primary N) is 1. The molecule has 2 amide bonds. The molecule has 0 unspecified atom stereocenters. The van der Waals surface area contributed by atoms with Crippen LogP contribution in [0.3, 0.4) is 0 Å². The number of carbonyl (C=O) groups excluding carboxylic acids is 1. The van der Waals surface area contributed by atoms with E-state index in [2.05, 4.69) is 15.7 Å². The molecule has 0 aromatic heterocycles. The SMILES string of the molecule is CON(C(=O)Nc1ccccc1)[C@@](Cc1ccccc1)(C(=O)O)c1cccc(N=CNN)c1. The molecule has 3 rings (SSSR count). The van der Waals surface area contributed by atoms with Crippen molar-refractivity contribution in [1.29, 1.82) is 0 Å². The molecule has 0 aliphatic heterocycles. The molecule has 9 nitrogen and oxygen atoms in total. The van der Waals surface area contributed by atoms with Gasteiger partial charge in [0.25, 0.3) is 0 Å². The molecule has 5 N–H and O–H groups in total. The second kappa shape index (κ2) is 10.9. The van der Waals surface area contributed by atoms with Crippen LogP contribution in [0.25, 0.3) is 0 Å². The van der Waals surface area contributed by atoms with E-state index < -0.39 is 17.5 Å². The summed E-state index contributed by atoms with van der Waals surface area (Å²) in [6.45, 7) is 0. The van der Waals surface area contributed by atoms with Gasteiger partial charge in [-0.2, -0.15) is 5.06 Å². The number of nitrogens with zero attached hydrogens (tertiary/aromatic N) is 2. The van der Waals surface area contributed by atoms with Crippen LogP contribution in [0.15, 0.2) is 89.9 Å². The average molecular weight is 447 g/mol. The molecule has 0 saturated carbocycles. The Kier molecular flexibility index (Phi) is 7.74. The fraction of sp³-hybridized carbons (Fsp3) is 0.125. The Balaban J connectivity index is 2.14. The molecular formula is C24H25N5O4. The van der Waals surface area contributed by atoms with E-state index >= 15 is 0 Å². The molecule has 0 aliphatic carbocycles. The second-order valence-corrected chi connectivity index (χ2v) is 7.08. The molecule has 0 bridgehead atoms. The Labute approximate surface area is 191 Å². The molecule has 9 heteroatoms. The number of amides is 2.